The molecule has 0 aliphatic carbocycles. The Morgan fingerprint density at radius 2 is 1.77 bits per heavy atom. The SMILES string of the molecule is Cc1cccc(NC(=O)c2c(C)nc3c(C)cccn23)c1C. The molecule has 0 saturated heterocycles. The summed E-state index contributed by atoms with van der Waals surface area (Å²) in [7, 11) is 0. The molecule has 4 nitrogen and oxygen atoms in total. The number of benzene rings is 1. The van der Waals surface area contributed by atoms with Gasteiger partial charge in [-0.2, -0.15) is 0 Å². The van der Waals surface area contributed by atoms with Crippen LogP contribution >= 0.6 is 0 Å². The number of pyridine rings is 1. The minimum Gasteiger partial charge on any atom is -0.320 e. The molecule has 4 heteroatoms. The quantitative estimate of drug-likeness (QED) is 0.780. The summed E-state index contributed by atoms with van der Waals surface area (Å²) in [6.45, 7) is 7.91. The zero-order valence-corrected chi connectivity index (χ0v) is 13.3. The van der Waals surface area contributed by atoms with E-state index in [2.05, 4.69) is 10.3 Å². The lowest BCUT2D eigenvalue weighted by molar-refractivity contribution is 0.102. The second kappa shape index (κ2) is 5.30. The molecule has 0 unspecified atom stereocenters. The lowest BCUT2D eigenvalue weighted by atomic mass is 10.1. The monoisotopic (exact) mass is 293 g/mol. The Kier molecular flexibility index (Phi) is 3.45. The first-order valence-corrected chi connectivity index (χ1v) is 7.31. The molecule has 0 radical (unpaired) electrons. The van der Waals surface area contributed by atoms with E-state index >= 15 is 0 Å². The average molecular weight is 293 g/mol. The maximum absolute atomic E-state index is 12.7. The van der Waals surface area contributed by atoms with Gasteiger partial charge in [0.25, 0.3) is 5.91 Å². The van der Waals surface area contributed by atoms with Gasteiger partial charge in [-0.1, -0.05) is 18.2 Å². The molecule has 22 heavy (non-hydrogen) atoms. The average Bonchev–Trinajstić information content (AvgIpc) is 2.81. The topological polar surface area (TPSA) is 46.4 Å². The number of carbonyl (C=O) groups is 1. The smallest absolute Gasteiger partial charge is 0.274 e. The van der Waals surface area contributed by atoms with Crippen molar-refractivity contribution >= 4 is 17.2 Å². The largest absolute Gasteiger partial charge is 0.320 e. The number of fused-ring (bicyclic) bond motifs is 1. The first kappa shape index (κ1) is 14.3. The Morgan fingerprint density at radius 3 is 2.55 bits per heavy atom. The number of carbonyl (C=O) groups excluding carboxylic acids is 1. The molecule has 1 N–H and O–H groups in total. The van der Waals surface area contributed by atoms with E-state index in [0.29, 0.717) is 5.69 Å². The van der Waals surface area contributed by atoms with E-state index in [1.165, 1.54) is 0 Å². The summed E-state index contributed by atoms with van der Waals surface area (Å²) in [6.07, 6.45) is 1.88. The molecule has 0 aliphatic rings. The predicted octanol–water partition coefficient (Wildman–Crippen LogP) is 3.82. The van der Waals surface area contributed by atoms with Crippen LogP contribution in [0.3, 0.4) is 0 Å². The summed E-state index contributed by atoms with van der Waals surface area (Å²) >= 11 is 0. The van der Waals surface area contributed by atoms with Gasteiger partial charge in [0.2, 0.25) is 0 Å². The van der Waals surface area contributed by atoms with Crippen molar-refractivity contribution in [3.8, 4) is 0 Å². The van der Waals surface area contributed by atoms with Crippen LogP contribution in [0.1, 0.15) is 32.9 Å². The third-order valence-corrected chi connectivity index (χ3v) is 4.09. The van der Waals surface area contributed by atoms with E-state index in [0.717, 1.165) is 33.7 Å². The zero-order valence-electron chi connectivity index (χ0n) is 13.3. The van der Waals surface area contributed by atoms with Crippen LogP contribution in [-0.4, -0.2) is 15.3 Å². The molecule has 0 atom stereocenters. The van der Waals surface area contributed by atoms with E-state index in [9.17, 15) is 4.79 Å². The predicted molar refractivity (Wildman–Crippen MR) is 88.5 cm³/mol. The van der Waals surface area contributed by atoms with Crippen molar-refractivity contribution in [3.05, 3.63) is 64.6 Å². The molecule has 2 aromatic heterocycles. The van der Waals surface area contributed by atoms with Crippen LogP contribution in [0.4, 0.5) is 5.69 Å². The van der Waals surface area contributed by atoms with Gasteiger partial charge in [0.05, 0.1) is 5.69 Å². The molecule has 2 heterocycles. The Morgan fingerprint density at radius 1 is 1.05 bits per heavy atom. The molecule has 0 saturated carbocycles. The first-order chi connectivity index (χ1) is 10.5. The number of imidazole rings is 1. The van der Waals surface area contributed by atoms with E-state index in [-0.39, 0.29) is 5.91 Å². The second-order valence-corrected chi connectivity index (χ2v) is 5.63. The third kappa shape index (κ3) is 2.26. The normalized spacial score (nSPS) is 10.9. The number of aryl methyl sites for hydroxylation is 3. The molecule has 112 valence electrons. The molecule has 0 spiro atoms. The summed E-state index contributed by atoms with van der Waals surface area (Å²) in [5, 5.41) is 3.01. The Hall–Kier alpha value is -2.62. The maximum Gasteiger partial charge on any atom is 0.274 e. The van der Waals surface area contributed by atoms with Gasteiger partial charge >= 0.3 is 0 Å². The third-order valence-electron chi connectivity index (χ3n) is 4.09. The Labute approximate surface area is 129 Å². The van der Waals surface area contributed by atoms with Crippen LogP contribution in [-0.2, 0) is 0 Å². The molecule has 0 fully saturated rings. The number of nitrogens with zero attached hydrogens (tertiary/aromatic N) is 2. The van der Waals surface area contributed by atoms with Crippen LogP contribution in [0, 0.1) is 27.7 Å². The fourth-order valence-corrected chi connectivity index (χ4v) is 2.66. The second-order valence-electron chi connectivity index (χ2n) is 5.63. The van der Waals surface area contributed by atoms with Gasteiger partial charge in [-0.25, -0.2) is 4.98 Å². The van der Waals surface area contributed by atoms with Gasteiger partial charge in [0, 0.05) is 11.9 Å². The van der Waals surface area contributed by atoms with E-state index in [1.54, 1.807) is 0 Å². The molecule has 0 aliphatic heterocycles. The highest BCUT2D eigenvalue weighted by molar-refractivity contribution is 6.05. The minimum atomic E-state index is -0.135. The van der Waals surface area contributed by atoms with Gasteiger partial charge in [-0.3, -0.25) is 9.20 Å². The van der Waals surface area contributed by atoms with Crippen molar-refractivity contribution < 1.29 is 4.79 Å². The van der Waals surface area contributed by atoms with Crippen LogP contribution in [0.2, 0.25) is 0 Å². The zero-order chi connectivity index (χ0) is 15.9. The highest BCUT2D eigenvalue weighted by Gasteiger charge is 2.18. The van der Waals surface area contributed by atoms with Crippen LogP contribution < -0.4 is 5.32 Å². The maximum atomic E-state index is 12.7. The van der Waals surface area contributed by atoms with Crippen LogP contribution in [0.5, 0.6) is 0 Å². The van der Waals surface area contributed by atoms with Gasteiger partial charge in [0.15, 0.2) is 0 Å². The summed E-state index contributed by atoms with van der Waals surface area (Å²) < 4.78 is 1.85. The summed E-state index contributed by atoms with van der Waals surface area (Å²) in [5.74, 6) is -0.135. The van der Waals surface area contributed by atoms with Crippen molar-refractivity contribution in [2.24, 2.45) is 0 Å². The molecule has 3 aromatic rings. The molecular formula is C18H19N3O. The number of hydrogen-bond donors (Lipinski definition) is 1. The highest BCUT2D eigenvalue weighted by atomic mass is 16.2. The van der Waals surface area contributed by atoms with Gasteiger partial charge < -0.3 is 5.32 Å². The van der Waals surface area contributed by atoms with Crippen LogP contribution in [0.15, 0.2) is 36.5 Å². The standard InChI is InChI=1S/C18H19N3O/c1-11-7-5-9-15(13(11)3)20-18(22)16-14(4)19-17-12(2)8-6-10-21(16)17/h5-10H,1-4H3,(H,20,22). The molecule has 1 aromatic carbocycles. The molecule has 1 amide bonds. The van der Waals surface area contributed by atoms with Crippen molar-refractivity contribution in [1.82, 2.24) is 9.38 Å². The minimum absolute atomic E-state index is 0.135. The fourth-order valence-electron chi connectivity index (χ4n) is 2.66. The number of nitrogens with one attached hydrogen (secondary N) is 1. The summed E-state index contributed by atoms with van der Waals surface area (Å²) in [6, 6.07) is 9.83. The van der Waals surface area contributed by atoms with Crippen molar-refractivity contribution in [1.29, 1.82) is 0 Å². The van der Waals surface area contributed by atoms with Crippen molar-refractivity contribution in [2.75, 3.05) is 5.32 Å². The lowest BCUT2D eigenvalue weighted by Gasteiger charge is -2.10. The number of rotatable bonds is 2. The summed E-state index contributed by atoms with van der Waals surface area (Å²) in [4.78, 5) is 17.2. The molecular weight excluding hydrogens is 274 g/mol. The van der Waals surface area contributed by atoms with Crippen molar-refractivity contribution in [2.45, 2.75) is 27.7 Å². The van der Waals surface area contributed by atoms with Gasteiger partial charge in [-0.15, -0.1) is 0 Å². The number of aromatic nitrogens is 2. The lowest BCUT2D eigenvalue weighted by Crippen LogP contribution is -2.16. The molecule has 3 rings (SSSR count). The number of hydrogen-bond acceptors (Lipinski definition) is 2. The fraction of sp³-hybridized carbons (Fsp3) is 0.222. The van der Waals surface area contributed by atoms with Gasteiger partial charge in [-0.05, 0) is 56.5 Å². The Balaban J connectivity index is 2.05. The summed E-state index contributed by atoms with van der Waals surface area (Å²) in [5.41, 5.74) is 6.27. The van der Waals surface area contributed by atoms with E-state index in [4.69, 9.17) is 0 Å². The highest BCUT2D eigenvalue weighted by Crippen LogP contribution is 2.21. The van der Waals surface area contributed by atoms with Gasteiger partial charge in [0.1, 0.15) is 11.3 Å². The number of anilines is 1. The first-order valence-electron chi connectivity index (χ1n) is 7.31. The van der Waals surface area contributed by atoms with Crippen LogP contribution in [0.25, 0.3) is 5.65 Å². The van der Waals surface area contributed by atoms with E-state index in [1.807, 2.05) is 68.6 Å². The molecule has 0 bridgehead atoms. The Bertz CT molecular complexity index is 877. The van der Waals surface area contributed by atoms with E-state index < -0.39 is 0 Å². The number of amides is 1. The van der Waals surface area contributed by atoms with Crippen molar-refractivity contribution in [3.63, 3.8) is 0 Å².